The van der Waals surface area contributed by atoms with Crippen LogP contribution in [0.25, 0.3) is 6.08 Å². The number of aliphatic hydroxyl groups is 6. The summed E-state index contributed by atoms with van der Waals surface area (Å²) in [6, 6.07) is 6.86. The molecule has 4 aliphatic carbocycles. The smallest absolute Gasteiger partial charge is 0.336 e. The minimum absolute atomic E-state index is 0.0251. The molecule has 4 aliphatic heterocycles. The van der Waals surface area contributed by atoms with Crippen LogP contribution in [0.5, 0.6) is 5.75 Å². The Morgan fingerprint density at radius 3 is 1.97 bits per heavy atom. The molecule has 350 valence electrons. The van der Waals surface area contributed by atoms with Crippen molar-refractivity contribution in [1.82, 2.24) is 0 Å². The van der Waals surface area contributed by atoms with Gasteiger partial charge in [0.1, 0.15) is 29.8 Å². The minimum atomic E-state index is -1.15. The van der Waals surface area contributed by atoms with Crippen LogP contribution in [0.15, 0.2) is 41.7 Å². The number of benzene rings is 1. The highest BCUT2D eigenvalue weighted by molar-refractivity contribution is 5.90. The van der Waals surface area contributed by atoms with Crippen LogP contribution in [0.1, 0.15) is 111 Å². The van der Waals surface area contributed by atoms with Gasteiger partial charge in [0.2, 0.25) is 0 Å². The number of phenolic OH excluding ortho intramolecular Hbond substituents is 1. The summed E-state index contributed by atoms with van der Waals surface area (Å²) < 4.78 is 42.6. The lowest BCUT2D eigenvalue weighted by Gasteiger charge is -2.65. The lowest BCUT2D eigenvalue weighted by molar-refractivity contribution is -0.336. The number of allylic oxidation sites excluding steroid dienone is 1. The number of esters is 1. The monoisotopic (exact) mass is 884 g/mol. The number of carbonyl (C=O) groups excluding carboxylic acids is 1. The Bertz CT molecular complexity index is 1870. The van der Waals surface area contributed by atoms with Crippen LogP contribution < -0.4 is 0 Å². The third-order valence-electron chi connectivity index (χ3n) is 17.2. The molecule has 0 aromatic heterocycles. The molecule has 1 aromatic carbocycles. The van der Waals surface area contributed by atoms with Gasteiger partial charge in [0, 0.05) is 41.9 Å². The first-order valence-electron chi connectivity index (χ1n) is 23.4. The van der Waals surface area contributed by atoms with Crippen molar-refractivity contribution < 1.29 is 73.7 Å². The van der Waals surface area contributed by atoms with Crippen molar-refractivity contribution in [2.45, 2.75) is 197 Å². The summed E-state index contributed by atoms with van der Waals surface area (Å²) in [7, 11) is 0. The predicted octanol–water partition coefficient (Wildman–Crippen LogP) is 3.96. The van der Waals surface area contributed by atoms with Crippen molar-refractivity contribution in [1.29, 1.82) is 0 Å². The molecule has 15 heteroatoms. The first-order chi connectivity index (χ1) is 29.9. The normalized spacial score (nSPS) is 50.6. The lowest BCUT2D eigenvalue weighted by Crippen LogP contribution is -2.67. The van der Waals surface area contributed by atoms with E-state index in [1.165, 1.54) is 6.08 Å². The molecule has 0 amide bonds. The Balaban J connectivity index is 0.797. The van der Waals surface area contributed by atoms with Crippen LogP contribution >= 0.6 is 0 Å². The standard InChI is InChI=1S/C48H68O15/c1-23-43(55)34(50)20-41(57-23)62-45-25(3)59-42(22-36(45)52)63-44-24(2)58-40(21-35(44)51)60-28-12-14-46(4)27(17-28)10-11-31-32(46)19-38(53)47(5)30(13-15-48(31,47)56)29-18-39(54)61-37(29)16-26-8-6-7-9-33(26)49/h6-9,16,18,23-25,27-28,30-32,34-36,38,40-45,49-53,55-56H,10-15,17,19-22H2,1-5H3/b37-16-/t23?,24?,25?,27-,28+,30-,31-,32+,34-,35-,36-,38-,40+,41+,42-,43?,44?,45?,46+,47+,48+/m1/s1. The fourth-order valence-corrected chi connectivity index (χ4v) is 13.6. The summed E-state index contributed by atoms with van der Waals surface area (Å²) >= 11 is 0. The van der Waals surface area contributed by atoms with Gasteiger partial charge in [-0.25, -0.2) is 4.79 Å². The van der Waals surface area contributed by atoms with Crippen LogP contribution in [0.4, 0.5) is 0 Å². The second-order valence-corrected chi connectivity index (χ2v) is 20.6. The number of hydrogen-bond donors (Lipinski definition) is 7. The topological polar surface area (TPSA) is 223 Å². The minimum Gasteiger partial charge on any atom is -0.507 e. The number of hydrogen-bond acceptors (Lipinski definition) is 15. The molecule has 4 heterocycles. The van der Waals surface area contributed by atoms with Crippen LogP contribution in [0, 0.1) is 34.5 Å². The molecule has 4 saturated carbocycles. The molecular weight excluding hydrogens is 817 g/mol. The Morgan fingerprint density at radius 2 is 1.33 bits per heavy atom. The fourth-order valence-electron chi connectivity index (χ4n) is 13.6. The van der Waals surface area contributed by atoms with E-state index in [-0.39, 0.29) is 54.3 Å². The van der Waals surface area contributed by atoms with E-state index in [0.29, 0.717) is 42.1 Å². The summed E-state index contributed by atoms with van der Waals surface area (Å²) in [5.41, 5.74) is -1.00. The number of phenols is 1. The van der Waals surface area contributed by atoms with Crippen molar-refractivity contribution in [3.63, 3.8) is 0 Å². The molecule has 8 aliphatic rings. The fraction of sp³-hybridized carbons (Fsp3) is 0.771. The van der Waals surface area contributed by atoms with Crippen LogP contribution in [-0.4, -0.2) is 133 Å². The molecule has 7 N–H and O–H groups in total. The molecule has 6 unspecified atom stereocenters. The van der Waals surface area contributed by atoms with Gasteiger partial charge in [-0.2, -0.15) is 0 Å². The molecule has 0 radical (unpaired) electrons. The number of para-hydroxylation sites is 1. The Labute approximate surface area is 369 Å². The highest BCUT2D eigenvalue weighted by atomic mass is 16.7. The van der Waals surface area contributed by atoms with Crippen LogP contribution in [0.2, 0.25) is 0 Å². The number of fused-ring (bicyclic) bond motifs is 5. The highest BCUT2D eigenvalue weighted by Gasteiger charge is 2.71. The Morgan fingerprint density at radius 1 is 0.714 bits per heavy atom. The van der Waals surface area contributed by atoms with Gasteiger partial charge in [0.25, 0.3) is 0 Å². The quantitative estimate of drug-likeness (QED) is 0.145. The summed E-state index contributed by atoms with van der Waals surface area (Å²) in [5, 5.41) is 78.2. The van der Waals surface area contributed by atoms with Gasteiger partial charge in [-0.15, -0.1) is 0 Å². The third-order valence-corrected chi connectivity index (χ3v) is 17.2. The second-order valence-electron chi connectivity index (χ2n) is 20.6. The van der Waals surface area contributed by atoms with Crippen molar-refractivity contribution in [3.8, 4) is 5.75 Å². The van der Waals surface area contributed by atoms with Crippen LogP contribution in [-0.2, 0) is 38.0 Å². The first kappa shape index (κ1) is 45.6. The molecule has 15 nitrogen and oxygen atoms in total. The van der Waals surface area contributed by atoms with Crippen molar-refractivity contribution in [2.24, 2.45) is 34.5 Å². The molecule has 1 aromatic rings. The van der Waals surface area contributed by atoms with Gasteiger partial charge < -0.3 is 68.9 Å². The molecule has 21 atom stereocenters. The molecule has 0 bridgehead atoms. The number of carbonyl (C=O) groups is 1. The van der Waals surface area contributed by atoms with E-state index in [0.717, 1.165) is 32.1 Å². The second kappa shape index (κ2) is 17.3. The summed E-state index contributed by atoms with van der Waals surface area (Å²) in [6.45, 7) is 9.56. The Hall–Kier alpha value is -2.51. The van der Waals surface area contributed by atoms with E-state index in [9.17, 15) is 40.5 Å². The number of cyclic esters (lactones) is 1. The van der Waals surface area contributed by atoms with Crippen molar-refractivity contribution in [2.75, 3.05) is 0 Å². The molecule has 3 saturated heterocycles. The zero-order valence-corrected chi connectivity index (χ0v) is 37.0. The average molecular weight is 885 g/mol. The summed E-state index contributed by atoms with van der Waals surface area (Å²) in [5.74, 6) is -0.00251. The van der Waals surface area contributed by atoms with Crippen molar-refractivity contribution >= 4 is 12.0 Å². The first-order valence-corrected chi connectivity index (χ1v) is 23.4. The summed E-state index contributed by atoms with van der Waals surface area (Å²) in [6.07, 6.45) is -0.944. The maximum absolute atomic E-state index is 12.9. The molecule has 7 fully saturated rings. The zero-order chi connectivity index (χ0) is 44.7. The SMILES string of the molecule is CC1O[C@@H](OC2C(C)O[C@H](OC3C(C)O[C@@H](O[C@H]4CC[C@@]5(C)[C@H](CC[C@@H]6[C@@H]5C[C@@H](O)[C@]5(C)[C@@H](C7=CC(=O)O/C7=C\c7ccccc7O)CC[C@]65O)C4)C[C@H]3O)C[C@H]2O)C[C@@H](O)C1O. The summed E-state index contributed by atoms with van der Waals surface area (Å²) in [4.78, 5) is 12.7. The van der Waals surface area contributed by atoms with Gasteiger partial charge in [-0.1, -0.05) is 32.0 Å². The molecule has 63 heavy (non-hydrogen) atoms. The van der Waals surface area contributed by atoms with Crippen molar-refractivity contribution in [3.05, 3.63) is 47.2 Å². The molecule has 9 rings (SSSR count). The van der Waals surface area contributed by atoms with E-state index in [1.807, 2.05) is 13.8 Å². The number of aliphatic hydroxyl groups excluding tert-OH is 5. The highest BCUT2D eigenvalue weighted by Crippen LogP contribution is 2.70. The number of rotatable bonds is 8. The molecule has 0 spiro atoms. The van der Waals surface area contributed by atoms with Gasteiger partial charge in [0.05, 0.1) is 54.4 Å². The van der Waals surface area contributed by atoms with E-state index in [2.05, 4.69) is 6.92 Å². The maximum Gasteiger partial charge on any atom is 0.336 e. The van der Waals surface area contributed by atoms with Gasteiger partial charge in [-0.05, 0) is 113 Å². The third kappa shape index (κ3) is 8.03. The zero-order valence-electron chi connectivity index (χ0n) is 37.0. The van der Waals surface area contributed by atoms with Gasteiger partial charge >= 0.3 is 5.97 Å². The van der Waals surface area contributed by atoms with Gasteiger partial charge in [-0.3, -0.25) is 0 Å². The number of ether oxygens (including phenoxy) is 7. The maximum atomic E-state index is 12.9. The molecular formula is C48H68O15. The van der Waals surface area contributed by atoms with E-state index < -0.39 is 96.9 Å². The average Bonchev–Trinajstić information content (AvgIpc) is 3.73. The lowest BCUT2D eigenvalue weighted by atomic mass is 9.42. The predicted molar refractivity (Wildman–Crippen MR) is 224 cm³/mol. The Kier molecular flexibility index (Phi) is 12.5. The van der Waals surface area contributed by atoms with Crippen LogP contribution in [0.3, 0.4) is 0 Å². The number of aromatic hydroxyl groups is 1. The van der Waals surface area contributed by atoms with Gasteiger partial charge in [0.15, 0.2) is 18.9 Å². The van der Waals surface area contributed by atoms with E-state index >= 15 is 0 Å². The van der Waals surface area contributed by atoms with E-state index in [4.69, 9.17) is 33.2 Å². The largest absolute Gasteiger partial charge is 0.507 e. The van der Waals surface area contributed by atoms with E-state index in [1.54, 1.807) is 44.2 Å².